The zero-order valence-electron chi connectivity index (χ0n) is 13.3. The van der Waals surface area contributed by atoms with Crippen molar-refractivity contribution in [3.63, 3.8) is 0 Å². The first-order chi connectivity index (χ1) is 11.8. The highest BCUT2D eigenvalue weighted by molar-refractivity contribution is 5.83. The summed E-state index contributed by atoms with van der Waals surface area (Å²) in [7, 11) is 0. The number of hydrogen-bond acceptors (Lipinski definition) is 4. The maximum absolute atomic E-state index is 5.92. The molecule has 0 fully saturated rings. The fourth-order valence-corrected chi connectivity index (χ4v) is 2.58. The molecule has 2 heterocycles. The van der Waals surface area contributed by atoms with E-state index in [2.05, 4.69) is 15.1 Å². The molecule has 0 saturated carbocycles. The highest BCUT2D eigenvalue weighted by Crippen LogP contribution is 2.23. The van der Waals surface area contributed by atoms with Gasteiger partial charge in [-0.15, -0.1) is 0 Å². The lowest BCUT2D eigenvalue weighted by atomic mass is 10.1. The summed E-state index contributed by atoms with van der Waals surface area (Å²) in [6.45, 7) is 2.50. The first-order valence-electron chi connectivity index (χ1n) is 7.73. The number of rotatable bonds is 4. The molecule has 0 bridgehead atoms. The van der Waals surface area contributed by atoms with E-state index in [-0.39, 0.29) is 0 Å². The molecule has 5 nitrogen and oxygen atoms in total. The number of aryl methyl sites for hydroxylation is 1. The van der Waals surface area contributed by atoms with Gasteiger partial charge in [0, 0.05) is 12.4 Å². The van der Waals surface area contributed by atoms with Gasteiger partial charge in [0.15, 0.2) is 0 Å². The predicted molar refractivity (Wildman–Crippen MR) is 92.2 cm³/mol. The molecule has 4 rings (SSSR count). The first kappa shape index (κ1) is 14.4. The summed E-state index contributed by atoms with van der Waals surface area (Å²) in [5.74, 6) is 0.611. The van der Waals surface area contributed by atoms with Crippen LogP contribution in [0.4, 0.5) is 0 Å². The van der Waals surface area contributed by atoms with Crippen LogP contribution in [0.3, 0.4) is 0 Å². The molecule has 118 valence electrons. The van der Waals surface area contributed by atoms with Crippen molar-refractivity contribution in [1.29, 1.82) is 0 Å². The molecule has 5 heteroatoms. The third kappa shape index (κ3) is 2.84. The lowest BCUT2D eigenvalue weighted by molar-refractivity contribution is 0.297. The molecule has 2 aromatic heterocycles. The lowest BCUT2D eigenvalue weighted by Crippen LogP contribution is -2.00. The van der Waals surface area contributed by atoms with Crippen molar-refractivity contribution < 1.29 is 4.74 Å². The van der Waals surface area contributed by atoms with Gasteiger partial charge >= 0.3 is 0 Å². The summed E-state index contributed by atoms with van der Waals surface area (Å²) in [5.41, 5.74) is 4.14. The number of aromatic nitrogens is 4. The fourth-order valence-electron chi connectivity index (χ4n) is 2.58. The Morgan fingerprint density at radius 2 is 1.92 bits per heavy atom. The molecule has 0 atom stereocenters. The molecule has 0 unspecified atom stereocenters. The van der Waals surface area contributed by atoms with E-state index in [9.17, 15) is 0 Å². The smallest absolute Gasteiger partial charge is 0.224 e. The van der Waals surface area contributed by atoms with Gasteiger partial charge in [-0.25, -0.2) is 14.6 Å². The molecule has 0 amide bonds. The number of fused-ring (bicyclic) bond motifs is 1. The van der Waals surface area contributed by atoms with Crippen LogP contribution in [0.1, 0.15) is 11.1 Å². The van der Waals surface area contributed by atoms with Crippen LogP contribution in [0, 0.1) is 6.92 Å². The average molecular weight is 316 g/mol. The van der Waals surface area contributed by atoms with Gasteiger partial charge in [0.1, 0.15) is 12.9 Å². The molecule has 0 saturated heterocycles. The average Bonchev–Trinajstić information content (AvgIpc) is 3.15. The lowest BCUT2D eigenvalue weighted by Gasteiger charge is -2.09. The summed E-state index contributed by atoms with van der Waals surface area (Å²) in [4.78, 5) is 8.55. The maximum Gasteiger partial charge on any atom is 0.224 e. The molecule has 0 aliphatic carbocycles. The molecular formula is C19H16N4O. The Balaban J connectivity index is 1.54. The third-order valence-electron chi connectivity index (χ3n) is 3.84. The number of benzene rings is 2. The molecule has 4 aromatic rings. The van der Waals surface area contributed by atoms with Crippen LogP contribution in [0.15, 0.2) is 67.3 Å². The van der Waals surface area contributed by atoms with Gasteiger partial charge in [-0.2, -0.15) is 5.10 Å². The number of ether oxygens (including phenoxy) is 1. The Labute approximate surface area is 139 Å². The van der Waals surface area contributed by atoms with E-state index >= 15 is 0 Å². The summed E-state index contributed by atoms with van der Waals surface area (Å²) in [6, 6.07) is 16.1. The highest BCUT2D eigenvalue weighted by atomic mass is 16.5. The summed E-state index contributed by atoms with van der Waals surface area (Å²) in [5, 5.41) is 5.16. The van der Waals surface area contributed by atoms with Crippen LogP contribution >= 0.6 is 0 Å². The molecule has 0 N–H and O–H groups in total. The van der Waals surface area contributed by atoms with E-state index < -0.39 is 0 Å². The van der Waals surface area contributed by atoms with Crippen molar-refractivity contribution in [2.24, 2.45) is 0 Å². The number of hydrogen-bond donors (Lipinski definition) is 0. The van der Waals surface area contributed by atoms with E-state index in [4.69, 9.17) is 4.74 Å². The van der Waals surface area contributed by atoms with E-state index in [1.807, 2.05) is 66.3 Å². The quantitative estimate of drug-likeness (QED) is 0.576. The molecule has 0 aliphatic rings. The van der Waals surface area contributed by atoms with Gasteiger partial charge < -0.3 is 4.74 Å². The van der Waals surface area contributed by atoms with Gasteiger partial charge in [-0.3, -0.25) is 0 Å². The minimum Gasteiger partial charge on any atom is -0.472 e. The Kier molecular flexibility index (Phi) is 3.67. The maximum atomic E-state index is 5.92. The molecule has 2 aromatic carbocycles. The summed E-state index contributed by atoms with van der Waals surface area (Å²) in [6.07, 6.45) is 5.22. The second-order valence-electron chi connectivity index (χ2n) is 5.61. The topological polar surface area (TPSA) is 52.8 Å². The van der Waals surface area contributed by atoms with Crippen LogP contribution < -0.4 is 4.74 Å². The standard InChI is InChI=1S/C19H16N4O/c1-14-3-8-18-17(11-14)19(21-13-20-18)24-12-15-4-6-16(7-5-15)23-10-2-9-22-23/h2-11,13H,12H2,1H3. The van der Waals surface area contributed by atoms with Crippen LogP contribution in [-0.2, 0) is 6.61 Å². The Morgan fingerprint density at radius 3 is 2.71 bits per heavy atom. The third-order valence-corrected chi connectivity index (χ3v) is 3.84. The van der Waals surface area contributed by atoms with Crippen molar-refractivity contribution in [2.45, 2.75) is 13.5 Å². The Bertz CT molecular complexity index is 963. The monoisotopic (exact) mass is 316 g/mol. The van der Waals surface area contributed by atoms with Crippen molar-refractivity contribution in [2.75, 3.05) is 0 Å². The molecule has 0 aliphatic heterocycles. The van der Waals surface area contributed by atoms with Crippen molar-refractivity contribution in [1.82, 2.24) is 19.7 Å². The second-order valence-corrected chi connectivity index (χ2v) is 5.61. The first-order valence-corrected chi connectivity index (χ1v) is 7.73. The predicted octanol–water partition coefficient (Wildman–Crippen LogP) is 3.70. The van der Waals surface area contributed by atoms with Gasteiger partial charge in [-0.05, 0) is 42.8 Å². The van der Waals surface area contributed by atoms with E-state index in [1.165, 1.54) is 6.33 Å². The van der Waals surface area contributed by atoms with Crippen molar-refractivity contribution >= 4 is 10.9 Å². The largest absolute Gasteiger partial charge is 0.472 e. The minimum atomic E-state index is 0.458. The molecular weight excluding hydrogens is 300 g/mol. The second kappa shape index (κ2) is 6.12. The van der Waals surface area contributed by atoms with E-state index in [1.54, 1.807) is 6.20 Å². The summed E-state index contributed by atoms with van der Waals surface area (Å²) < 4.78 is 7.74. The summed E-state index contributed by atoms with van der Waals surface area (Å²) >= 11 is 0. The molecule has 0 radical (unpaired) electrons. The van der Waals surface area contributed by atoms with Gasteiger partial charge in [-0.1, -0.05) is 23.8 Å². The number of nitrogens with zero attached hydrogens (tertiary/aromatic N) is 4. The van der Waals surface area contributed by atoms with Gasteiger partial charge in [0.2, 0.25) is 5.88 Å². The van der Waals surface area contributed by atoms with E-state index in [0.717, 1.165) is 27.7 Å². The van der Waals surface area contributed by atoms with Crippen LogP contribution in [0.2, 0.25) is 0 Å². The zero-order valence-corrected chi connectivity index (χ0v) is 13.3. The van der Waals surface area contributed by atoms with Crippen LogP contribution in [-0.4, -0.2) is 19.7 Å². The normalized spacial score (nSPS) is 10.9. The molecule has 24 heavy (non-hydrogen) atoms. The van der Waals surface area contributed by atoms with Crippen LogP contribution in [0.5, 0.6) is 5.88 Å². The van der Waals surface area contributed by atoms with E-state index in [0.29, 0.717) is 12.5 Å². The van der Waals surface area contributed by atoms with Crippen LogP contribution in [0.25, 0.3) is 16.6 Å². The van der Waals surface area contributed by atoms with Gasteiger partial charge in [0.25, 0.3) is 0 Å². The SMILES string of the molecule is Cc1ccc2ncnc(OCc3ccc(-n4cccn4)cc3)c2c1. The minimum absolute atomic E-state index is 0.458. The van der Waals surface area contributed by atoms with Crippen molar-refractivity contribution in [3.8, 4) is 11.6 Å². The Hall–Kier alpha value is -3.21. The highest BCUT2D eigenvalue weighted by Gasteiger charge is 2.06. The fraction of sp³-hybridized carbons (Fsp3) is 0.105. The molecule has 0 spiro atoms. The van der Waals surface area contributed by atoms with Gasteiger partial charge in [0.05, 0.1) is 16.6 Å². The Morgan fingerprint density at radius 1 is 1.04 bits per heavy atom. The zero-order chi connectivity index (χ0) is 16.4. The van der Waals surface area contributed by atoms with Crippen molar-refractivity contribution in [3.05, 3.63) is 78.4 Å².